The van der Waals surface area contributed by atoms with Crippen LogP contribution in [0.25, 0.3) is 0 Å². The molecule has 0 saturated carbocycles. The lowest BCUT2D eigenvalue weighted by Gasteiger charge is -2.42. The van der Waals surface area contributed by atoms with Crippen molar-refractivity contribution in [3.05, 3.63) is 82.3 Å². The average Bonchev–Trinajstić information content (AvgIpc) is 3.33. The lowest BCUT2D eigenvalue weighted by molar-refractivity contribution is 0.0995. The standard InChI is InChI=1S/C31H38N2O3/c1-21-18-26-27(31(4,5)13-12-30(26,2)3)20-22(21)19-25-10-11-28(36-25)29(34)32-23-6-8-24(9-7-23)33-14-16-35-17-15-33/h6-11,18,20H,12-17,19H2,1-5H3,(H,32,34). The van der Waals surface area contributed by atoms with E-state index >= 15 is 0 Å². The van der Waals surface area contributed by atoms with Crippen LogP contribution in [0.4, 0.5) is 11.4 Å². The predicted molar refractivity (Wildman–Crippen MR) is 145 cm³/mol. The van der Waals surface area contributed by atoms with Gasteiger partial charge in [-0.1, -0.05) is 39.8 Å². The molecule has 5 heteroatoms. The van der Waals surface area contributed by atoms with Crippen molar-refractivity contribution in [2.75, 3.05) is 36.5 Å². The maximum atomic E-state index is 12.8. The molecule has 1 amide bonds. The Morgan fingerprint density at radius 3 is 2.22 bits per heavy atom. The summed E-state index contributed by atoms with van der Waals surface area (Å²) in [7, 11) is 0. The number of hydrogen-bond acceptors (Lipinski definition) is 4. The smallest absolute Gasteiger partial charge is 0.291 e. The fourth-order valence-corrected chi connectivity index (χ4v) is 5.51. The molecule has 0 atom stereocenters. The number of aryl methyl sites for hydroxylation is 1. The van der Waals surface area contributed by atoms with E-state index < -0.39 is 0 Å². The molecule has 5 nitrogen and oxygen atoms in total. The van der Waals surface area contributed by atoms with Crippen LogP contribution >= 0.6 is 0 Å². The minimum Gasteiger partial charge on any atom is -0.456 e. The van der Waals surface area contributed by atoms with Crippen LogP contribution in [0.5, 0.6) is 0 Å². The molecule has 5 rings (SSSR count). The molecule has 1 fully saturated rings. The van der Waals surface area contributed by atoms with Crippen LogP contribution < -0.4 is 10.2 Å². The summed E-state index contributed by atoms with van der Waals surface area (Å²) in [4.78, 5) is 15.1. The fraction of sp³-hybridized carbons (Fsp3) is 0.452. The second-order valence-electron chi connectivity index (χ2n) is 11.6. The zero-order chi connectivity index (χ0) is 25.5. The minimum atomic E-state index is -0.231. The van der Waals surface area contributed by atoms with Gasteiger partial charge >= 0.3 is 0 Å². The fourth-order valence-electron chi connectivity index (χ4n) is 5.51. The largest absolute Gasteiger partial charge is 0.456 e. The summed E-state index contributed by atoms with van der Waals surface area (Å²) in [5, 5.41) is 2.96. The number of carbonyl (C=O) groups is 1. The molecule has 0 unspecified atom stereocenters. The first-order valence-corrected chi connectivity index (χ1v) is 13.1. The monoisotopic (exact) mass is 486 g/mol. The van der Waals surface area contributed by atoms with Crippen LogP contribution in [0, 0.1) is 6.92 Å². The molecule has 2 heterocycles. The summed E-state index contributed by atoms with van der Waals surface area (Å²) >= 11 is 0. The van der Waals surface area contributed by atoms with Crippen molar-refractivity contribution in [3.8, 4) is 0 Å². The van der Waals surface area contributed by atoms with Crippen molar-refractivity contribution in [1.82, 2.24) is 0 Å². The number of nitrogens with zero attached hydrogens (tertiary/aromatic N) is 1. The SMILES string of the molecule is Cc1cc2c(cc1Cc1ccc(C(=O)Nc3ccc(N4CCOCC4)cc3)o1)C(C)(C)CCC2(C)C. The number of amides is 1. The quantitative estimate of drug-likeness (QED) is 0.440. The zero-order valence-corrected chi connectivity index (χ0v) is 22.2. The lowest BCUT2D eigenvalue weighted by Crippen LogP contribution is -2.36. The van der Waals surface area contributed by atoms with E-state index in [1.165, 1.54) is 35.1 Å². The summed E-state index contributed by atoms with van der Waals surface area (Å²) in [6.45, 7) is 14.9. The number of ether oxygens (including phenoxy) is 1. The van der Waals surface area contributed by atoms with E-state index in [1.807, 2.05) is 30.3 Å². The molecule has 2 aromatic carbocycles. The van der Waals surface area contributed by atoms with Crippen LogP contribution in [-0.4, -0.2) is 32.2 Å². The van der Waals surface area contributed by atoms with E-state index in [-0.39, 0.29) is 16.7 Å². The van der Waals surface area contributed by atoms with Crippen LogP contribution in [0.2, 0.25) is 0 Å². The van der Waals surface area contributed by atoms with Gasteiger partial charge in [0.05, 0.1) is 13.2 Å². The summed E-state index contributed by atoms with van der Waals surface area (Å²) in [5.74, 6) is 0.906. The van der Waals surface area contributed by atoms with Gasteiger partial charge in [0.2, 0.25) is 0 Å². The number of hydrogen-bond donors (Lipinski definition) is 1. The molecule has 190 valence electrons. The third-order valence-electron chi connectivity index (χ3n) is 8.06. The Labute approximate surface area is 214 Å². The molecular formula is C31H38N2O3. The summed E-state index contributed by atoms with van der Waals surface area (Å²) in [6, 6.07) is 16.4. The van der Waals surface area contributed by atoms with Gasteiger partial charge in [-0.15, -0.1) is 0 Å². The number of benzene rings is 2. The molecule has 0 spiro atoms. The van der Waals surface area contributed by atoms with Crippen molar-refractivity contribution in [1.29, 1.82) is 0 Å². The molecule has 1 aromatic heterocycles. The number of fused-ring (bicyclic) bond motifs is 1. The summed E-state index contributed by atoms with van der Waals surface area (Å²) in [5.41, 5.74) is 7.72. The Hall–Kier alpha value is -3.05. The molecular weight excluding hydrogens is 448 g/mol. The van der Waals surface area contributed by atoms with Gasteiger partial charge in [0.15, 0.2) is 5.76 Å². The van der Waals surface area contributed by atoms with Crippen LogP contribution in [-0.2, 0) is 22.0 Å². The average molecular weight is 487 g/mol. The van der Waals surface area contributed by atoms with Crippen molar-refractivity contribution in [3.63, 3.8) is 0 Å². The van der Waals surface area contributed by atoms with Crippen LogP contribution in [0.3, 0.4) is 0 Å². The summed E-state index contributed by atoms with van der Waals surface area (Å²) in [6.07, 6.45) is 3.07. The van der Waals surface area contributed by atoms with Gasteiger partial charge in [-0.05, 0) is 89.2 Å². The molecule has 1 N–H and O–H groups in total. The van der Waals surface area contributed by atoms with E-state index in [0.717, 1.165) is 43.4 Å². The Bertz CT molecular complexity index is 1250. The van der Waals surface area contributed by atoms with E-state index in [9.17, 15) is 4.79 Å². The van der Waals surface area contributed by atoms with Crippen molar-refractivity contribution >= 4 is 17.3 Å². The third kappa shape index (κ3) is 4.94. The van der Waals surface area contributed by atoms with Crippen LogP contribution in [0.1, 0.15) is 79.1 Å². The van der Waals surface area contributed by atoms with Gasteiger partial charge in [-0.2, -0.15) is 0 Å². The summed E-state index contributed by atoms with van der Waals surface area (Å²) < 4.78 is 11.4. The van der Waals surface area contributed by atoms with Crippen LogP contribution in [0.15, 0.2) is 52.9 Å². The van der Waals surface area contributed by atoms with Gasteiger partial charge in [0.1, 0.15) is 5.76 Å². The third-order valence-corrected chi connectivity index (χ3v) is 8.06. The second-order valence-corrected chi connectivity index (χ2v) is 11.6. The van der Waals surface area contributed by atoms with Gasteiger partial charge < -0.3 is 19.4 Å². The first-order valence-electron chi connectivity index (χ1n) is 13.1. The molecule has 1 aliphatic carbocycles. The lowest BCUT2D eigenvalue weighted by atomic mass is 9.62. The Morgan fingerprint density at radius 1 is 0.917 bits per heavy atom. The van der Waals surface area contributed by atoms with Gasteiger partial charge in [-0.25, -0.2) is 0 Å². The number of morpholine rings is 1. The van der Waals surface area contributed by atoms with E-state index in [4.69, 9.17) is 9.15 Å². The predicted octanol–water partition coefficient (Wildman–Crippen LogP) is 6.62. The highest BCUT2D eigenvalue weighted by Crippen LogP contribution is 2.46. The number of furan rings is 1. The highest BCUT2D eigenvalue weighted by molar-refractivity contribution is 6.02. The molecule has 3 aromatic rings. The van der Waals surface area contributed by atoms with Gasteiger partial charge in [0, 0.05) is 30.9 Å². The minimum absolute atomic E-state index is 0.166. The second kappa shape index (κ2) is 9.44. The normalized spacial score (nSPS) is 18.5. The molecule has 36 heavy (non-hydrogen) atoms. The van der Waals surface area contributed by atoms with E-state index in [2.05, 4.69) is 57.0 Å². The molecule has 1 saturated heterocycles. The van der Waals surface area contributed by atoms with E-state index in [1.54, 1.807) is 6.07 Å². The Balaban J connectivity index is 1.28. The van der Waals surface area contributed by atoms with E-state index in [0.29, 0.717) is 12.2 Å². The molecule has 0 radical (unpaired) electrons. The maximum absolute atomic E-state index is 12.8. The maximum Gasteiger partial charge on any atom is 0.291 e. The topological polar surface area (TPSA) is 54.7 Å². The number of carbonyl (C=O) groups excluding carboxylic acids is 1. The highest BCUT2D eigenvalue weighted by atomic mass is 16.5. The van der Waals surface area contributed by atoms with Crippen molar-refractivity contribution in [2.24, 2.45) is 0 Å². The number of anilines is 2. The first-order chi connectivity index (χ1) is 17.1. The number of nitrogens with one attached hydrogen (secondary N) is 1. The van der Waals surface area contributed by atoms with Gasteiger partial charge in [0.25, 0.3) is 5.91 Å². The highest BCUT2D eigenvalue weighted by Gasteiger charge is 2.37. The number of rotatable bonds is 5. The Morgan fingerprint density at radius 2 is 1.56 bits per heavy atom. The molecule has 1 aliphatic heterocycles. The van der Waals surface area contributed by atoms with Gasteiger partial charge in [-0.3, -0.25) is 4.79 Å². The zero-order valence-electron chi connectivity index (χ0n) is 22.2. The molecule has 0 bridgehead atoms. The van der Waals surface area contributed by atoms with Crippen molar-refractivity contribution < 1.29 is 13.9 Å². The Kier molecular flexibility index (Phi) is 6.46. The van der Waals surface area contributed by atoms with Crippen molar-refractivity contribution in [2.45, 2.75) is 64.7 Å². The first kappa shape index (κ1) is 24.6. The molecule has 2 aliphatic rings.